The highest BCUT2D eigenvalue weighted by molar-refractivity contribution is 6.39. The summed E-state index contributed by atoms with van der Waals surface area (Å²) in [5.41, 5.74) is 4.00. The van der Waals surface area contributed by atoms with Gasteiger partial charge in [0.1, 0.15) is 12.2 Å². The van der Waals surface area contributed by atoms with Crippen LogP contribution in [-0.2, 0) is 17.8 Å². The van der Waals surface area contributed by atoms with Crippen molar-refractivity contribution in [2.75, 3.05) is 26.2 Å². The van der Waals surface area contributed by atoms with Gasteiger partial charge in [-0.05, 0) is 25.1 Å². The molecule has 3 aliphatic rings. The van der Waals surface area contributed by atoms with Crippen molar-refractivity contribution < 1.29 is 24.2 Å². The number of amides is 3. The van der Waals surface area contributed by atoms with Crippen molar-refractivity contribution in [3.63, 3.8) is 0 Å². The van der Waals surface area contributed by atoms with Crippen LogP contribution in [0.15, 0.2) is 48.5 Å². The summed E-state index contributed by atoms with van der Waals surface area (Å²) in [7, 11) is 0. The monoisotopic (exact) mass is 537 g/mol. The molecule has 0 bridgehead atoms. The summed E-state index contributed by atoms with van der Waals surface area (Å²) in [6, 6.07) is 15.5. The second kappa shape index (κ2) is 8.54. The van der Waals surface area contributed by atoms with Crippen molar-refractivity contribution in [2.45, 2.75) is 31.7 Å². The number of aliphatic hydroxyl groups excluding tert-OH is 1. The molecule has 202 valence electrons. The molecular formula is C30H27N5O5. The van der Waals surface area contributed by atoms with Gasteiger partial charge in [-0.3, -0.25) is 14.9 Å². The zero-order valence-corrected chi connectivity index (χ0v) is 21.6. The van der Waals surface area contributed by atoms with Gasteiger partial charge in [-0.15, -0.1) is 0 Å². The van der Waals surface area contributed by atoms with E-state index >= 15 is 0 Å². The number of aromatic nitrogens is 2. The summed E-state index contributed by atoms with van der Waals surface area (Å²) in [6.07, 6.45) is -1.46. The molecule has 5 aromatic rings. The van der Waals surface area contributed by atoms with E-state index in [0.717, 1.165) is 45.8 Å². The maximum Gasteiger partial charge on any atom is 0.410 e. The normalized spacial score (nSPS) is 21.2. The molecule has 1 saturated heterocycles. The van der Waals surface area contributed by atoms with Crippen molar-refractivity contribution >= 4 is 61.5 Å². The SMILES string of the molecule is O=C1NC(=O)c2c1c1c3ccccc3n3c1c1c2c2ccccc2n1CC(OC(=O)N1CCCNCC1)C(O)C3. The molecule has 3 aliphatic heterocycles. The van der Waals surface area contributed by atoms with E-state index in [1.54, 1.807) is 4.90 Å². The predicted octanol–water partition coefficient (Wildman–Crippen LogP) is 2.96. The fourth-order valence-electron chi connectivity index (χ4n) is 6.87. The number of carbonyl (C=O) groups excluding carboxylic acids is 3. The van der Waals surface area contributed by atoms with Gasteiger partial charge in [-0.2, -0.15) is 0 Å². The third-order valence-electron chi connectivity index (χ3n) is 8.61. The molecule has 2 atom stereocenters. The number of fused-ring (bicyclic) bond motifs is 9. The average molecular weight is 538 g/mol. The summed E-state index contributed by atoms with van der Waals surface area (Å²) in [6.45, 7) is 3.03. The van der Waals surface area contributed by atoms with Crippen LogP contribution in [-0.4, -0.2) is 75.4 Å². The summed E-state index contributed by atoms with van der Waals surface area (Å²) < 4.78 is 10.1. The number of rotatable bonds is 1. The van der Waals surface area contributed by atoms with Gasteiger partial charge >= 0.3 is 6.09 Å². The van der Waals surface area contributed by atoms with E-state index in [1.807, 2.05) is 57.7 Å². The largest absolute Gasteiger partial charge is 0.441 e. The zero-order valence-electron chi connectivity index (χ0n) is 21.6. The molecule has 0 radical (unpaired) electrons. The number of nitrogens with zero attached hydrogens (tertiary/aromatic N) is 3. The molecule has 10 heteroatoms. The van der Waals surface area contributed by atoms with Crippen LogP contribution in [0.3, 0.4) is 0 Å². The average Bonchev–Trinajstić information content (AvgIpc) is 3.42. The van der Waals surface area contributed by atoms with Crippen molar-refractivity contribution in [1.29, 1.82) is 0 Å². The van der Waals surface area contributed by atoms with E-state index in [2.05, 4.69) is 10.6 Å². The first-order valence-electron chi connectivity index (χ1n) is 13.7. The van der Waals surface area contributed by atoms with Crippen molar-refractivity contribution in [3.8, 4) is 0 Å². The number of aliphatic hydroxyl groups is 1. The molecule has 3 N–H and O–H groups in total. The molecule has 5 heterocycles. The van der Waals surface area contributed by atoms with Crippen LogP contribution in [0.5, 0.6) is 0 Å². The highest BCUT2D eigenvalue weighted by atomic mass is 16.6. The molecule has 3 aromatic carbocycles. The second-order valence-electron chi connectivity index (χ2n) is 10.8. The molecule has 2 aromatic heterocycles. The van der Waals surface area contributed by atoms with Gasteiger partial charge in [-0.1, -0.05) is 36.4 Å². The van der Waals surface area contributed by atoms with Crippen molar-refractivity contribution in [1.82, 2.24) is 24.7 Å². The fraction of sp³-hybridized carbons (Fsp3) is 0.300. The first kappa shape index (κ1) is 23.5. The van der Waals surface area contributed by atoms with Crippen LogP contribution in [0.25, 0.3) is 43.6 Å². The van der Waals surface area contributed by atoms with E-state index in [-0.39, 0.29) is 13.1 Å². The smallest absolute Gasteiger partial charge is 0.410 e. The Balaban J connectivity index is 1.43. The Morgan fingerprint density at radius 2 is 1.43 bits per heavy atom. The highest BCUT2D eigenvalue weighted by Crippen LogP contribution is 2.45. The van der Waals surface area contributed by atoms with Crippen LogP contribution in [0.4, 0.5) is 4.79 Å². The minimum atomic E-state index is -1.01. The van der Waals surface area contributed by atoms with Gasteiger partial charge in [-0.25, -0.2) is 4.79 Å². The Kier molecular flexibility index (Phi) is 5.01. The molecule has 3 amide bonds. The number of nitrogens with one attached hydrogen (secondary N) is 2. The quantitative estimate of drug-likeness (QED) is 0.283. The number of imide groups is 1. The number of hydrogen-bond acceptors (Lipinski definition) is 6. The Labute approximate surface area is 228 Å². The maximum absolute atomic E-state index is 13.3. The van der Waals surface area contributed by atoms with Gasteiger partial charge in [0.05, 0.1) is 35.2 Å². The Morgan fingerprint density at radius 1 is 0.825 bits per heavy atom. The lowest BCUT2D eigenvalue weighted by molar-refractivity contribution is -0.0245. The Morgan fingerprint density at radius 3 is 2.08 bits per heavy atom. The number of ether oxygens (including phenoxy) is 1. The van der Waals surface area contributed by atoms with Gasteiger partial charge in [0.25, 0.3) is 11.8 Å². The van der Waals surface area contributed by atoms with Crippen LogP contribution in [0.2, 0.25) is 0 Å². The van der Waals surface area contributed by atoms with Gasteiger partial charge in [0, 0.05) is 52.2 Å². The number of benzene rings is 3. The van der Waals surface area contributed by atoms with E-state index in [9.17, 15) is 19.5 Å². The minimum absolute atomic E-state index is 0.161. The number of carbonyl (C=O) groups is 3. The minimum Gasteiger partial charge on any atom is -0.441 e. The van der Waals surface area contributed by atoms with Crippen molar-refractivity contribution in [2.24, 2.45) is 0 Å². The molecule has 0 saturated carbocycles. The van der Waals surface area contributed by atoms with Crippen LogP contribution in [0.1, 0.15) is 27.1 Å². The highest BCUT2D eigenvalue weighted by Gasteiger charge is 2.39. The van der Waals surface area contributed by atoms with E-state index in [1.165, 1.54) is 0 Å². The maximum atomic E-state index is 13.3. The lowest BCUT2D eigenvalue weighted by Crippen LogP contribution is -2.43. The Bertz CT molecular complexity index is 1910. The molecule has 40 heavy (non-hydrogen) atoms. The Hall–Kier alpha value is -4.41. The third kappa shape index (κ3) is 3.14. The third-order valence-corrected chi connectivity index (χ3v) is 8.61. The topological polar surface area (TPSA) is 118 Å². The number of hydrogen-bond donors (Lipinski definition) is 3. The second-order valence-corrected chi connectivity index (χ2v) is 10.8. The predicted molar refractivity (Wildman–Crippen MR) is 150 cm³/mol. The number of para-hydroxylation sites is 2. The van der Waals surface area contributed by atoms with Gasteiger partial charge in [0.15, 0.2) is 0 Å². The fourth-order valence-corrected chi connectivity index (χ4v) is 6.87. The van der Waals surface area contributed by atoms with Crippen LogP contribution < -0.4 is 10.6 Å². The zero-order chi connectivity index (χ0) is 27.1. The molecular weight excluding hydrogens is 510 g/mol. The first-order chi connectivity index (χ1) is 19.5. The summed E-state index contributed by atoms with van der Waals surface area (Å²) >= 11 is 0. The molecule has 10 nitrogen and oxygen atoms in total. The molecule has 8 rings (SSSR count). The van der Waals surface area contributed by atoms with Crippen LogP contribution >= 0.6 is 0 Å². The van der Waals surface area contributed by atoms with E-state index < -0.39 is 30.1 Å². The summed E-state index contributed by atoms with van der Waals surface area (Å²) in [5.74, 6) is -0.829. The molecule has 0 aliphatic carbocycles. The molecule has 1 fully saturated rings. The molecule has 0 spiro atoms. The lowest BCUT2D eigenvalue weighted by atomic mass is 9.96. The summed E-state index contributed by atoms with van der Waals surface area (Å²) in [4.78, 5) is 41.5. The van der Waals surface area contributed by atoms with Gasteiger partial charge in [0.2, 0.25) is 0 Å². The lowest BCUT2D eigenvalue weighted by Gasteiger charge is -2.30. The summed E-state index contributed by atoms with van der Waals surface area (Å²) in [5, 5.41) is 20.5. The van der Waals surface area contributed by atoms with Crippen molar-refractivity contribution in [3.05, 3.63) is 59.7 Å². The van der Waals surface area contributed by atoms with Gasteiger partial charge < -0.3 is 29.2 Å². The molecule has 2 unspecified atom stereocenters. The van der Waals surface area contributed by atoms with E-state index in [0.29, 0.717) is 41.5 Å². The van der Waals surface area contributed by atoms with E-state index in [4.69, 9.17) is 4.74 Å². The standard InChI is InChI=1S/C30H27N5O5/c36-20-14-34-18-8-3-1-6-16(18)22-24-25(29(38)32-28(24)37)23-17-7-2-4-9-19(17)35(27(23)26(22)34)15-21(20)40-30(39)33-12-5-10-31-11-13-33/h1-4,6-9,20-21,31,36H,5,10-15H2,(H,32,37,38). The first-order valence-corrected chi connectivity index (χ1v) is 13.7. The van der Waals surface area contributed by atoms with Crippen LogP contribution in [0, 0.1) is 0 Å².